The van der Waals surface area contributed by atoms with Gasteiger partial charge in [0.2, 0.25) is 0 Å². The first-order valence-corrected chi connectivity index (χ1v) is 15.9. The summed E-state index contributed by atoms with van der Waals surface area (Å²) in [6.07, 6.45) is 4.22. The topological polar surface area (TPSA) is 76.8 Å². The molecule has 10 heteroatoms. The molecule has 0 aliphatic rings. The molecule has 0 aliphatic carbocycles. The lowest BCUT2D eigenvalue weighted by Crippen LogP contribution is -2.32. The van der Waals surface area contributed by atoms with Gasteiger partial charge in [0.15, 0.2) is 11.0 Å². The van der Waals surface area contributed by atoms with Gasteiger partial charge in [-0.2, -0.15) is 0 Å². The Morgan fingerprint density at radius 1 is 0.860 bits per heavy atom. The summed E-state index contributed by atoms with van der Waals surface area (Å²) in [4.78, 5) is 24.5. The minimum Gasteiger partial charge on any atom is -0.333 e. The zero-order chi connectivity index (χ0) is 29.4. The number of halogens is 1. The lowest BCUT2D eigenvalue weighted by Gasteiger charge is -2.22. The van der Waals surface area contributed by atoms with Crippen LogP contribution in [0.2, 0.25) is 5.02 Å². The summed E-state index contributed by atoms with van der Waals surface area (Å²) in [5, 5.41) is 12.9. The Balaban J connectivity index is 1.21. The summed E-state index contributed by atoms with van der Waals surface area (Å²) in [5.41, 5.74) is 4.39. The van der Waals surface area contributed by atoms with Crippen LogP contribution in [0.4, 0.5) is 0 Å². The highest BCUT2D eigenvalue weighted by Crippen LogP contribution is 2.33. The van der Waals surface area contributed by atoms with E-state index in [0.29, 0.717) is 40.5 Å². The molecular formula is C33H27ClN6OS2. The molecule has 1 amide bonds. The van der Waals surface area contributed by atoms with Gasteiger partial charge in [0.05, 0.1) is 16.5 Å². The molecule has 3 heterocycles. The van der Waals surface area contributed by atoms with E-state index in [1.54, 1.807) is 12.4 Å². The van der Waals surface area contributed by atoms with Gasteiger partial charge in [-0.05, 0) is 41.8 Å². The number of thiazole rings is 1. The molecule has 0 unspecified atom stereocenters. The molecule has 43 heavy (non-hydrogen) atoms. The monoisotopic (exact) mass is 622 g/mol. The standard InChI is InChI=1S/C33H27ClN6OS2/c34-27-13-7-8-14-29(27)40-31(26-15-18-35-19-16-26)37-38-33(40)43-23-30-36-28(22-42-30)32(41)39(21-25-11-5-2-6-12-25)20-17-24-9-3-1-4-10-24/h1-16,18-19,22H,17,20-21,23H2. The van der Waals surface area contributed by atoms with E-state index in [9.17, 15) is 4.79 Å². The fourth-order valence-corrected chi connectivity index (χ4v) is 6.58. The second-order valence-corrected chi connectivity index (χ2v) is 12.0. The van der Waals surface area contributed by atoms with Crippen LogP contribution >= 0.6 is 34.7 Å². The zero-order valence-electron chi connectivity index (χ0n) is 23.1. The number of carbonyl (C=O) groups is 1. The van der Waals surface area contributed by atoms with Crippen molar-refractivity contribution < 1.29 is 4.79 Å². The third-order valence-electron chi connectivity index (χ3n) is 6.78. The van der Waals surface area contributed by atoms with Crippen molar-refractivity contribution in [3.8, 4) is 17.1 Å². The molecule has 214 valence electrons. The smallest absolute Gasteiger partial charge is 0.273 e. The summed E-state index contributed by atoms with van der Waals surface area (Å²) in [7, 11) is 0. The van der Waals surface area contributed by atoms with Crippen molar-refractivity contribution in [1.29, 1.82) is 0 Å². The van der Waals surface area contributed by atoms with Crippen LogP contribution in [0.25, 0.3) is 17.1 Å². The van der Waals surface area contributed by atoms with Crippen molar-refractivity contribution >= 4 is 40.6 Å². The van der Waals surface area contributed by atoms with Crippen molar-refractivity contribution in [3.63, 3.8) is 0 Å². The van der Waals surface area contributed by atoms with Gasteiger partial charge in [0, 0.05) is 36.4 Å². The van der Waals surface area contributed by atoms with Crippen LogP contribution < -0.4 is 0 Å². The molecule has 0 atom stereocenters. The van der Waals surface area contributed by atoms with Gasteiger partial charge in [-0.25, -0.2) is 4.98 Å². The first-order chi connectivity index (χ1) is 21.2. The van der Waals surface area contributed by atoms with Crippen LogP contribution in [0.5, 0.6) is 0 Å². The molecule has 6 aromatic rings. The molecule has 7 nitrogen and oxygen atoms in total. The van der Waals surface area contributed by atoms with Crippen LogP contribution in [-0.2, 0) is 18.7 Å². The third kappa shape index (κ3) is 7.02. The van der Waals surface area contributed by atoms with Crippen LogP contribution in [0.3, 0.4) is 0 Å². The summed E-state index contributed by atoms with van der Waals surface area (Å²) >= 11 is 9.58. The summed E-state index contributed by atoms with van der Waals surface area (Å²) in [6.45, 7) is 1.12. The van der Waals surface area contributed by atoms with Crippen LogP contribution in [0.1, 0.15) is 26.6 Å². The Hall–Kier alpha value is -4.31. The molecular weight excluding hydrogens is 596 g/mol. The fourth-order valence-electron chi connectivity index (χ4n) is 4.63. The molecule has 0 radical (unpaired) electrons. The number of carbonyl (C=O) groups excluding carboxylic acids is 1. The fraction of sp³-hybridized carbons (Fsp3) is 0.121. The number of thioether (sulfide) groups is 1. The van der Waals surface area contributed by atoms with Crippen molar-refractivity contribution in [2.24, 2.45) is 0 Å². The van der Waals surface area contributed by atoms with Gasteiger partial charge in [-0.1, -0.05) is 96.2 Å². The van der Waals surface area contributed by atoms with E-state index < -0.39 is 0 Å². The Labute approximate surface area is 263 Å². The van der Waals surface area contributed by atoms with Crippen LogP contribution in [0.15, 0.2) is 120 Å². The van der Waals surface area contributed by atoms with Gasteiger partial charge in [0.25, 0.3) is 5.91 Å². The maximum Gasteiger partial charge on any atom is 0.273 e. The number of nitrogens with zero attached hydrogens (tertiary/aromatic N) is 6. The molecule has 0 saturated carbocycles. The van der Waals surface area contributed by atoms with Gasteiger partial charge in [0.1, 0.15) is 10.7 Å². The molecule has 0 aliphatic heterocycles. The van der Waals surface area contributed by atoms with E-state index in [2.05, 4.69) is 27.3 Å². The van der Waals surface area contributed by atoms with Gasteiger partial charge >= 0.3 is 0 Å². The number of hydrogen-bond acceptors (Lipinski definition) is 7. The van der Waals surface area contributed by atoms with Gasteiger partial charge in [-0.15, -0.1) is 21.5 Å². The van der Waals surface area contributed by atoms with E-state index in [1.807, 2.05) is 99.8 Å². The molecule has 0 N–H and O–H groups in total. The summed E-state index contributed by atoms with van der Waals surface area (Å²) in [6, 6.07) is 31.7. The SMILES string of the molecule is O=C(c1csc(CSc2nnc(-c3ccncc3)n2-c2ccccc2Cl)n1)N(CCc1ccccc1)Cc1ccccc1. The van der Waals surface area contributed by atoms with Crippen LogP contribution in [-0.4, -0.2) is 42.1 Å². The normalized spacial score (nSPS) is 11.0. The highest BCUT2D eigenvalue weighted by atomic mass is 35.5. The third-order valence-corrected chi connectivity index (χ3v) is 9.07. The average molecular weight is 623 g/mol. The molecule has 3 aromatic carbocycles. The molecule has 0 saturated heterocycles. The first-order valence-electron chi connectivity index (χ1n) is 13.7. The van der Waals surface area contributed by atoms with E-state index >= 15 is 0 Å². The van der Waals surface area contributed by atoms with E-state index in [0.717, 1.165) is 28.2 Å². The van der Waals surface area contributed by atoms with E-state index in [-0.39, 0.29) is 5.91 Å². The summed E-state index contributed by atoms with van der Waals surface area (Å²) in [5.74, 6) is 1.12. The molecule has 0 bridgehead atoms. The lowest BCUT2D eigenvalue weighted by molar-refractivity contribution is 0.0740. The number of rotatable bonds is 11. The molecule has 0 spiro atoms. The number of amides is 1. The Morgan fingerprint density at radius 3 is 2.30 bits per heavy atom. The maximum atomic E-state index is 13.7. The highest BCUT2D eigenvalue weighted by molar-refractivity contribution is 7.98. The minimum atomic E-state index is -0.0773. The van der Waals surface area contributed by atoms with Gasteiger partial charge < -0.3 is 4.90 Å². The van der Waals surface area contributed by atoms with Crippen molar-refractivity contribution in [2.45, 2.75) is 23.9 Å². The minimum absolute atomic E-state index is 0.0773. The maximum absolute atomic E-state index is 13.7. The number of aromatic nitrogens is 5. The number of hydrogen-bond donors (Lipinski definition) is 0. The zero-order valence-corrected chi connectivity index (χ0v) is 25.5. The number of pyridine rings is 1. The quantitative estimate of drug-likeness (QED) is 0.138. The van der Waals surface area contributed by atoms with E-state index in [1.165, 1.54) is 28.7 Å². The number of para-hydroxylation sites is 1. The predicted molar refractivity (Wildman–Crippen MR) is 173 cm³/mol. The lowest BCUT2D eigenvalue weighted by atomic mass is 10.1. The molecule has 3 aromatic heterocycles. The predicted octanol–water partition coefficient (Wildman–Crippen LogP) is 7.62. The second-order valence-electron chi connectivity index (χ2n) is 9.69. The Kier molecular flexibility index (Phi) is 9.22. The van der Waals surface area contributed by atoms with Crippen LogP contribution in [0, 0.1) is 0 Å². The molecule has 6 rings (SSSR count). The first kappa shape index (κ1) is 28.8. The average Bonchev–Trinajstić information content (AvgIpc) is 3.71. The second kappa shape index (κ2) is 13.8. The number of benzene rings is 3. The highest BCUT2D eigenvalue weighted by Gasteiger charge is 2.21. The summed E-state index contributed by atoms with van der Waals surface area (Å²) < 4.78 is 1.95. The Morgan fingerprint density at radius 2 is 1.56 bits per heavy atom. The van der Waals surface area contributed by atoms with Crippen molar-refractivity contribution in [2.75, 3.05) is 6.54 Å². The van der Waals surface area contributed by atoms with Gasteiger partial charge in [-0.3, -0.25) is 14.3 Å². The Bertz CT molecular complexity index is 1790. The van der Waals surface area contributed by atoms with Crippen molar-refractivity contribution in [3.05, 3.63) is 142 Å². The molecule has 0 fully saturated rings. The van der Waals surface area contributed by atoms with Crippen molar-refractivity contribution in [1.82, 2.24) is 29.6 Å². The van der Waals surface area contributed by atoms with E-state index in [4.69, 9.17) is 16.6 Å². The largest absolute Gasteiger partial charge is 0.333 e.